The lowest BCUT2D eigenvalue weighted by Crippen LogP contribution is -2.49. The predicted molar refractivity (Wildman–Crippen MR) is 130 cm³/mol. The molecule has 13 heteroatoms. The first-order valence-electron chi connectivity index (χ1n) is 12.7. The van der Waals surface area contributed by atoms with Crippen molar-refractivity contribution in [3.05, 3.63) is 46.0 Å². The number of halogens is 3. The number of aromatic nitrogens is 3. The van der Waals surface area contributed by atoms with Gasteiger partial charge in [0.1, 0.15) is 17.5 Å². The number of H-pyrrole nitrogens is 1. The van der Waals surface area contributed by atoms with Gasteiger partial charge < -0.3 is 19.4 Å². The molecule has 3 fully saturated rings. The zero-order valence-corrected chi connectivity index (χ0v) is 20.7. The van der Waals surface area contributed by atoms with Crippen LogP contribution in [0.15, 0.2) is 29.3 Å². The number of anilines is 2. The molecule has 1 N–H and O–H groups in total. The quantitative estimate of drug-likeness (QED) is 0.625. The SMILES string of the molecule is N#Cc1ccc(N2CCN(C(=O)C[C@H]3CC[C@H]([C@@H]4CCCN4c4cn[nH]c(=O)c4C(F)(F)F)O3)CC2)nc1. The van der Waals surface area contributed by atoms with E-state index in [0.717, 1.165) is 12.0 Å². The number of hydrogen-bond acceptors (Lipinski definition) is 8. The highest BCUT2D eigenvalue weighted by Gasteiger charge is 2.44. The van der Waals surface area contributed by atoms with Crippen LogP contribution in [0.1, 0.15) is 43.2 Å². The molecule has 5 rings (SSSR count). The Bertz CT molecular complexity index is 1250. The van der Waals surface area contributed by atoms with Crippen molar-refractivity contribution in [1.82, 2.24) is 20.1 Å². The molecular formula is C25H28F3N7O3. The number of alkyl halides is 3. The third-order valence-corrected chi connectivity index (χ3v) is 7.53. The predicted octanol–water partition coefficient (Wildman–Crippen LogP) is 2.31. The van der Waals surface area contributed by atoms with Crippen molar-refractivity contribution < 1.29 is 22.7 Å². The van der Waals surface area contributed by atoms with E-state index in [9.17, 15) is 22.8 Å². The number of nitrogens with zero attached hydrogens (tertiary/aromatic N) is 6. The van der Waals surface area contributed by atoms with Gasteiger partial charge in [-0.25, -0.2) is 10.1 Å². The lowest BCUT2D eigenvalue weighted by molar-refractivity contribution is -0.138. The Balaban J connectivity index is 1.16. The summed E-state index contributed by atoms with van der Waals surface area (Å²) >= 11 is 0. The van der Waals surface area contributed by atoms with Gasteiger partial charge in [-0.3, -0.25) is 9.59 Å². The fourth-order valence-corrected chi connectivity index (χ4v) is 5.67. The molecule has 2 aromatic rings. The molecule has 5 heterocycles. The van der Waals surface area contributed by atoms with Crippen LogP contribution in [-0.2, 0) is 15.7 Å². The molecule has 0 unspecified atom stereocenters. The topological polar surface area (TPSA) is 118 Å². The second kappa shape index (κ2) is 10.6. The summed E-state index contributed by atoms with van der Waals surface area (Å²) in [7, 11) is 0. The highest BCUT2D eigenvalue weighted by molar-refractivity contribution is 5.77. The summed E-state index contributed by atoms with van der Waals surface area (Å²) in [6, 6.07) is 5.25. The summed E-state index contributed by atoms with van der Waals surface area (Å²) in [5.74, 6) is 0.757. The van der Waals surface area contributed by atoms with E-state index in [1.807, 2.05) is 11.2 Å². The molecule has 0 spiro atoms. The molecule has 0 radical (unpaired) electrons. The lowest BCUT2D eigenvalue weighted by atomic mass is 10.0. The molecule has 10 nitrogen and oxygen atoms in total. The zero-order chi connectivity index (χ0) is 26.9. The summed E-state index contributed by atoms with van der Waals surface area (Å²) in [6.45, 7) is 2.72. The number of rotatable bonds is 5. The van der Waals surface area contributed by atoms with Crippen molar-refractivity contribution in [2.45, 2.75) is 56.5 Å². The van der Waals surface area contributed by atoms with E-state index in [1.54, 1.807) is 21.9 Å². The molecule has 0 saturated carbocycles. The number of amides is 1. The zero-order valence-electron chi connectivity index (χ0n) is 20.7. The third kappa shape index (κ3) is 5.31. The van der Waals surface area contributed by atoms with Crippen LogP contribution in [0.2, 0.25) is 0 Å². The first-order valence-corrected chi connectivity index (χ1v) is 12.7. The van der Waals surface area contributed by atoms with E-state index in [0.29, 0.717) is 64.0 Å². The average Bonchev–Trinajstić information content (AvgIpc) is 3.57. The second-order valence-electron chi connectivity index (χ2n) is 9.82. The van der Waals surface area contributed by atoms with E-state index in [4.69, 9.17) is 10.00 Å². The third-order valence-electron chi connectivity index (χ3n) is 7.53. The van der Waals surface area contributed by atoms with Gasteiger partial charge in [0.15, 0.2) is 0 Å². The molecule has 202 valence electrons. The number of carbonyl (C=O) groups excluding carboxylic acids is 1. The Kier molecular flexibility index (Phi) is 7.25. The van der Waals surface area contributed by atoms with Gasteiger partial charge in [0.25, 0.3) is 5.56 Å². The van der Waals surface area contributed by atoms with Gasteiger partial charge in [-0.2, -0.15) is 23.5 Å². The van der Waals surface area contributed by atoms with E-state index >= 15 is 0 Å². The molecule has 1 amide bonds. The summed E-state index contributed by atoms with van der Waals surface area (Å²) in [6.07, 6.45) is -0.0119. The normalized spacial score (nSPS) is 24.1. The van der Waals surface area contributed by atoms with Crippen molar-refractivity contribution in [2.75, 3.05) is 42.5 Å². The lowest BCUT2D eigenvalue weighted by Gasteiger charge is -2.36. The number of ether oxygens (including phenoxy) is 1. The van der Waals surface area contributed by atoms with Crippen LogP contribution in [0, 0.1) is 11.3 Å². The van der Waals surface area contributed by atoms with Gasteiger partial charge in [0.2, 0.25) is 5.91 Å². The van der Waals surface area contributed by atoms with Gasteiger partial charge in [-0.15, -0.1) is 0 Å². The Labute approximate surface area is 217 Å². The number of carbonyl (C=O) groups is 1. The van der Waals surface area contributed by atoms with Gasteiger partial charge in [-0.1, -0.05) is 0 Å². The molecule has 3 aliphatic heterocycles. The van der Waals surface area contributed by atoms with Crippen LogP contribution in [-0.4, -0.2) is 77.0 Å². The summed E-state index contributed by atoms with van der Waals surface area (Å²) in [4.78, 5) is 34.7. The first kappa shape index (κ1) is 26.0. The van der Waals surface area contributed by atoms with Crippen molar-refractivity contribution in [3.63, 3.8) is 0 Å². The minimum Gasteiger partial charge on any atom is -0.372 e. The molecule has 38 heavy (non-hydrogen) atoms. The molecule has 3 atom stereocenters. The number of aromatic amines is 1. The van der Waals surface area contributed by atoms with E-state index < -0.39 is 17.3 Å². The number of nitriles is 1. The van der Waals surface area contributed by atoms with Crippen LogP contribution >= 0.6 is 0 Å². The monoisotopic (exact) mass is 531 g/mol. The fourth-order valence-electron chi connectivity index (χ4n) is 5.67. The Morgan fingerprint density at radius 2 is 1.92 bits per heavy atom. The van der Waals surface area contributed by atoms with Crippen LogP contribution in [0.25, 0.3) is 0 Å². The number of hydrogen-bond donors (Lipinski definition) is 1. The average molecular weight is 532 g/mol. The molecule has 0 aromatic carbocycles. The summed E-state index contributed by atoms with van der Waals surface area (Å²) in [5, 5.41) is 14.4. The van der Waals surface area contributed by atoms with Gasteiger partial charge in [0.05, 0.1) is 42.1 Å². The number of nitrogens with one attached hydrogen (secondary N) is 1. The maximum absolute atomic E-state index is 13.6. The van der Waals surface area contributed by atoms with Crippen molar-refractivity contribution in [3.8, 4) is 6.07 Å². The van der Waals surface area contributed by atoms with Crippen LogP contribution < -0.4 is 15.4 Å². The van der Waals surface area contributed by atoms with E-state index in [-0.39, 0.29) is 36.3 Å². The number of piperazine rings is 1. The van der Waals surface area contributed by atoms with Gasteiger partial charge >= 0.3 is 6.18 Å². The van der Waals surface area contributed by atoms with Crippen molar-refractivity contribution in [1.29, 1.82) is 5.26 Å². The molecule has 0 aliphatic carbocycles. The van der Waals surface area contributed by atoms with Crippen LogP contribution in [0.4, 0.5) is 24.7 Å². The van der Waals surface area contributed by atoms with Crippen LogP contribution in [0.5, 0.6) is 0 Å². The highest BCUT2D eigenvalue weighted by atomic mass is 19.4. The maximum Gasteiger partial charge on any atom is 0.423 e. The van der Waals surface area contributed by atoms with Crippen LogP contribution in [0.3, 0.4) is 0 Å². The molecule has 3 saturated heterocycles. The molecule has 2 aromatic heterocycles. The highest BCUT2D eigenvalue weighted by Crippen LogP contribution is 2.39. The van der Waals surface area contributed by atoms with E-state index in [2.05, 4.69) is 15.0 Å². The smallest absolute Gasteiger partial charge is 0.372 e. The van der Waals surface area contributed by atoms with Gasteiger partial charge in [-0.05, 0) is 37.8 Å². The maximum atomic E-state index is 13.6. The number of pyridine rings is 1. The standard InChI is InChI=1S/C25H28F3N7O3/c26-25(27,28)23-19(15-31-32-24(23)37)35-7-1-2-18(35)20-5-4-17(38-20)12-22(36)34-10-8-33(9-11-34)21-6-3-16(13-29)14-30-21/h3,6,14-15,17-18,20H,1-2,4-5,7-12H2,(H,32,37)/t17-,18+,20-/m1/s1. The molecule has 0 bridgehead atoms. The summed E-state index contributed by atoms with van der Waals surface area (Å²) < 4.78 is 47.1. The largest absolute Gasteiger partial charge is 0.423 e. The molecular weight excluding hydrogens is 503 g/mol. The van der Waals surface area contributed by atoms with Crippen molar-refractivity contribution >= 4 is 17.4 Å². The first-order chi connectivity index (χ1) is 18.2. The molecule has 3 aliphatic rings. The van der Waals surface area contributed by atoms with Gasteiger partial charge in [0, 0.05) is 38.9 Å². The Hall–Kier alpha value is -3.66. The second-order valence-corrected chi connectivity index (χ2v) is 9.82. The minimum absolute atomic E-state index is 0.00971. The Morgan fingerprint density at radius 3 is 2.61 bits per heavy atom. The minimum atomic E-state index is -4.80. The Morgan fingerprint density at radius 1 is 1.13 bits per heavy atom. The van der Waals surface area contributed by atoms with E-state index in [1.165, 1.54) is 6.20 Å². The fraction of sp³-hybridized carbons (Fsp3) is 0.560. The summed E-state index contributed by atoms with van der Waals surface area (Å²) in [5.41, 5.74) is -2.22. The van der Waals surface area contributed by atoms with Crippen molar-refractivity contribution in [2.24, 2.45) is 0 Å².